The van der Waals surface area contributed by atoms with E-state index in [9.17, 15) is 18.5 Å². The van der Waals surface area contributed by atoms with Crippen molar-refractivity contribution in [2.75, 3.05) is 30.0 Å². The number of hydrogen-bond donors (Lipinski definition) is 1. The normalized spacial score (nSPS) is 19.8. The zero-order valence-corrected chi connectivity index (χ0v) is 14.4. The Hall–Kier alpha value is -1.38. The lowest BCUT2D eigenvalue weighted by atomic mass is 9.98. The van der Waals surface area contributed by atoms with Crippen molar-refractivity contribution in [3.05, 3.63) is 33.3 Å². The number of non-ortho nitro benzene ring substituents is 1. The number of anilines is 1. The lowest BCUT2D eigenvalue weighted by molar-refractivity contribution is -0.384. The van der Waals surface area contributed by atoms with E-state index in [2.05, 4.69) is 0 Å². The summed E-state index contributed by atoms with van der Waals surface area (Å²) in [5, 5.41) is 11.1. The highest BCUT2D eigenvalue weighted by atomic mass is 35.5. The van der Waals surface area contributed by atoms with Crippen LogP contribution in [0.1, 0.15) is 12.8 Å². The predicted molar refractivity (Wildman–Crippen MR) is 90.7 cm³/mol. The molecule has 1 heterocycles. The van der Waals surface area contributed by atoms with Gasteiger partial charge in [0.05, 0.1) is 21.4 Å². The van der Waals surface area contributed by atoms with E-state index in [4.69, 9.17) is 17.3 Å². The smallest absolute Gasteiger partial charge is 0.271 e. The van der Waals surface area contributed by atoms with Crippen molar-refractivity contribution in [3.63, 3.8) is 0 Å². The highest BCUT2D eigenvalue weighted by molar-refractivity contribution is 7.90. The van der Waals surface area contributed by atoms with Crippen molar-refractivity contribution in [2.45, 2.75) is 18.9 Å². The summed E-state index contributed by atoms with van der Waals surface area (Å²) in [6.07, 6.45) is 2.49. The zero-order chi connectivity index (χ0) is 17.2. The molecule has 1 aromatic rings. The van der Waals surface area contributed by atoms with Crippen molar-refractivity contribution in [1.82, 2.24) is 0 Å². The highest BCUT2D eigenvalue weighted by Gasteiger charge is 2.29. The Morgan fingerprint density at radius 1 is 1.52 bits per heavy atom. The van der Waals surface area contributed by atoms with E-state index in [-0.39, 0.29) is 23.4 Å². The van der Waals surface area contributed by atoms with E-state index in [1.807, 2.05) is 4.90 Å². The summed E-state index contributed by atoms with van der Waals surface area (Å²) >= 11 is 6.15. The van der Waals surface area contributed by atoms with Gasteiger partial charge in [-0.25, -0.2) is 8.42 Å². The van der Waals surface area contributed by atoms with Crippen molar-refractivity contribution >= 4 is 32.8 Å². The predicted octanol–water partition coefficient (Wildman–Crippen LogP) is 1.84. The average molecular weight is 362 g/mol. The number of nitrogens with two attached hydrogens (primary N) is 1. The molecule has 1 aliphatic heterocycles. The van der Waals surface area contributed by atoms with Gasteiger partial charge in [-0.05, 0) is 24.8 Å². The van der Waals surface area contributed by atoms with E-state index in [0.29, 0.717) is 18.0 Å². The molecule has 7 nitrogen and oxygen atoms in total. The quantitative estimate of drug-likeness (QED) is 0.612. The Kier molecular flexibility index (Phi) is 5.49. The van der Waals surface area contributed by atoms with Crippen LogP contribution in [-0.2, 0) is 9.84 Å². The third-order valence-corrected chi connectivity index (χ3v) is 5.41. The second kappa shape index (κ2) is 7.02. The maximum absolute atomic E-state index is 11.2. The first-order valence-corrected chi connectivity index (χ1v) is 9.73. The number of sulfone groups is 1. The topological polar surface area (TPSA) is 107 Å². The minimum atomic E-state index is -3.01. The highest BCUT2D eigenvalue weighted by Crippen LogP contribution is 2.34. The molecule has 1 unspecified atom stereocenters. The van der Waals surface area contributed by atoms with Gasteiger partial charge in [-0.2, -0.15) is 0 Å². The summed E-state index contributed by atoms with van der Waals surface area (Å²) in [5.41, 5.74) is 6.82. The molecule has 2 N–H and O–H groups in total. The summed E-state index contributed by atoms with van der Waals surface area (Å²) in [5.74, 6) is 0.270. The molecular formula is C14H20ClN3O4S. The maximum Gasteiger partial charge on any atom is 0.271 e. The number of hydrogen-bond acceptors (Lipinski definition) is 6. The molecule has 1 saturated heterocycles. The monoisotopic (exact) mass is 361 g/mol. The fourth-order valence-electron chi connectivity index (χ4n) is 2.81. The summed E-state index contributed by atoms with van der Waals surface area (Å²) in [6, 6.07) is 4.23. The molecule has 0 aromatic heterocycles. The van der Waals surface area contributed by atoms with Crippen molar-refractivity contribution in [3.8, 4) is 0 Å². The lowest BCUT2D eigenvalue weighted by Gasteiger charge is -2.22. The van der Waals surface area contributed by atoms with Crippen LogP contribution in [0.5, 0.6) is 0 Å². The average Bonchev–Trinajstić information content (AvgIpc) is 2.93. The SMILES string of the molecule is CS(=O)(=O)CCC(N)[C@@H]1CCN(c2ccc([N+](=O)[O-])cc2Cl)C1. The molecule has 0 aliphatic carbocycles. The van der Waals surface area contributed by atoms with Gasteiger partial charge in [0, 0.05) is 37.5 Å². The second-order valence-corrected chi connectivity index (χ2v) is 8.64. The van der Waals surface area contributed by atoms with E-state index in [1.165, 1.54) is 18.4 Å². The number of nitro groups is 1. The number of benzene rings is 1. The van der Waals surface area contributed by atoms with Crippen LogP contribution in [-0.4, -0.2) is 44.5 Å². The molecule has 128 valence electrons. The van der Waals surface area contributed by atoms with Crippen LogP contribution in [0.3, 0.4) is 0 Å². The minimum Gasteiger partial charge on any atom is -0.370 e. The molecule has 1 aliphatic rings. The molecule has 23 heavy (non-hydrogen) atoms. The van der Waals surface area contributed by atoms with Gasteiger partial charge in [0.2, 0.25) is 0 Å². The summed E-state index contributed by atoms with van der Waals surface area (Å²) in [6.45, 7) is 1.41. The summed E-state index contributed by atoms with van der Waals surface area (Å²) in [7, 11) is -3.01. The number of halogens is 1. The fraction of sp³-hybridized carbons (Fsp3) is 0.571. The van der Waals surface area contributed by atoms with Crippen LogP contribution in [0.4, 0.5) is 11.4 Å². The zero-order valence-electron chi connectivity index (χ0n) is 12.8. The second-order valence-electron chi connectivity index (χ2n) is 5.97. The van der Waals surface area contributed by atoms with E-state index < -0.39 is 14.8 Å². The molecular weight excluding hydrogens is 342 g/mol. The van der Waals surface area contributed by atoms with Crippen molar-refractivity contribution in [1.29, 1.82) is 0 Å². The van der Waals surface area contributed by atoms with Gasteiger partial charge < -0.3 is 10.6 Å². The lowest BCUT2D eigenvalue weighted by Crippen LogP contribution is -2.34. The number of nitro benzene ring substituents is 1. The first-order chi connectivity index (χ1) is 10.7. The molecule has 2 rings (SSSR count). The molecule has 0 radical (unpaired) electrons. The standard InChI is InChI=1S/C14H20ClN3O4S/c1-23(21,22)7-5-13(16)10-4-6-17(9-10)14-3-2-11(18(19)20)8-12(14)15/h2-3,8,10,13H,4-7,9,16H2,1H3/t10-,13?/m1/s1. The molecule has 0 saturated carbocycles. The van der Waals surface area contributed by atoms with Gasteiger partial charge in [-0.15, -0.1) is 0 Å². The first kappa shape index (κ1) is 18.0. The van der Waals surface area contributed by atoms with Gasteiger partial charge in [-0.3, -0.25) is 10.1 Å². The van der Waals surface area contributed by atoms with Crippen LogP contribution in [0.25, 0.3) is 0 Å². The number of rotatable bonds is 6. The van der Waals surface area contributed by atoms with Gasteiger partial charge in [0.25, 0.3) is 5.69 Å². The third kappa shape index (κ3) is 4.79. The molecule has 0 bridgehead atoms. The van der Waals surface area contributed by atoms with Gasteiger partial charge >= 0.3 is 0 Å². The van der Waals surface area contributed by atoms with Crippen molar-refractivity contribution < 1.29 is 13.3 Å². The maximum atomic E-state index is 11.2. The van der Waals surface area contributed by atoms with Crippen LogP contribution in [0.15, 0.2) is 18.2 Å². The summed E-state index contributed by atoms with van der Waals surface area (Å²) in [4.78, 5) is 12.3. The molecule has 9 heteroatoms. The van der Waals surface area contributed by atoms with E-state index in [1.54, 1.807) is 6.07 Å². The van der Waals surface area contributed by atoms with Gasteiger partial charge in [-0.1, -0.05) is 11.6 Å². The van der Waals surface area contributed by atoms with Crippen LogP contribution in [0.2, 0.25) is 5.02 Å². The van der Waals surface area contributed by atoms with Crippen LogP contribution >= 0.6 is 11.6 Å². The minimum absolute atomic E-state index is 0.0423. The van der Waals surface area contributed by atoms with E-state index in [0.717, 1.165) is 18.7 Å². The Morgan fingerprint density at radius 3 is 2.78 bits per heavy atom. The fourth-order valence-corrected chi connectivity index (χ4v) is 3.80. The van der Waals surface area contributed by atoms with Gasteiger partial charge in [0.1, 0.15) is 9.84 Å². The number of nitrogens with zero attached hydrogens (tertiary/aromatic N) is 2. The first-order valence-electron chi connectivity index (χ1n) is 7.29. The van der Waals surface area contributed by atoms with E-state index >= 15 is 0 Å². The molecule has 2 atom stereocenters. The Labute approximate surface area is 140 Å². The Morgan fingerprint density at radius 2 is 2.22 bits per heavy atom. The molecule has 0 spiro atoms. The third-order valence-electron chi connectivity index (χ3n) is 4.13. The largest absolute Gasteiger partial charge is 0.370 e. The van der Waals surface area contributed by atoms with Crippen LogP contribution < -0.4 is 10.6 Å². The molecule has 0 amide bonds. The molecule has 1 fully saturated rings. The van der Waals surface area contributed by atoms with Gasteiger partial charge in [0.15, 0.2) is 0 Å². The van der Waals surface area contributed by atoms with Crippen molar-refractivity contribution in [2.24, 2.45) is 11.7 Å². The van der Waals surface area contributed by atoms with Crippen LogP contribution in [0, 0.1) is 16.0 Å². The Balaban J connectivity index is 2.01. The Bertz CT molecular complexity index is 695. The molecule has 1 aromatic carbocycles. The summed E-state index contributed by atoms with van der Waals surface area (Å²) < 4.78 is 22.5.